The summed E-state index contributed by atoms with van der Waals surface area (Å²) in [5, 5.41) is 2.15. The highest BCUT2D eigenvalue weighted by atomic mass is 16.3. The third-order valence-corrected chi connectivity index (χ3v) is 8.04. The van der Waals surface area contributed by atoms with Crippen LogP contribution >= 0.6 is 0 Å². The van der Waals surface area contributed by atoms with E-state index in [2.05, 4.69) is 66.7 Å². The van der Waals surface area contributed by atoms with Gasteiger partial charge in [0.1, 0.15) is 18.2 Å². The Balaban J connectivity index is 1.62. The average Bonchev–Trinajstić information content (AvgIpc) is 3.53. The molecule has 3 nitrogen and oxygen atoms in total. The zero-order valence-electron chi connectivity index (χ0n) is 21.3. The van der Waals surface area contributed by atoms with E-state index < -0.39 is 0 Å². The van der Waals surface area contributed by atoms with Crippen molar-refractivity contribution in [3.63, 3.8) is 0 Å². The number of rotatable bonds is 4. The maximum absolute atomic E-state index is 7.80. The molecule has 2 aromatic heterocycles. The summed E-state index contributed by atoms with van der Waals surface area (Å²) in [4.78, 5) is 3.84. The number of hydrogen-bond donors (Lipinski definition) is 0. The van der Waals surface area contributed by atoms with Gasteiger partial charge in [0.2, 0.25) is 5.69 Å². The normalized spacial score (nSPS) is 14.1. The Hall–Kier alpha value is -3.90. The number of pyridine rings is 1. The van der Waals surface area contributed by atoms with Crippen LogP contribution in [0.25, 0.3) is 49.2 Å². The van der Waals surface area contributed by atoms with E-state index in [1.54, 1.807) is 0 Å². The Morgan fingerprint density at radius 1 is 0.889 bits per heavy atom. The van der Waals surface area contributed by atoms with Crippen LogP contribution in [0.1, 0.15) is 42.5 Å². The number of benzene rings is 3. The number of aromatic nitrogens is 1. The molecule has 5 aromatic rings. The van der Waals surface area contributed by atoms with Crippen molar-refractivity contribution in [3.05, 3.63) is 95.0 Å². The van der Waals surface area contributed by atoms with Gasteiger partial charge in [-0.2, -0.15) is 4.57 Å². The number of aryl methyl sites for hydroxylation is 2. The SMILES string of the molecule is [C-]#[N+]c1ccc2c(oc3c(-c4cc(CC5CCCC5)cc(C)[n+]4C)c(C)ccc32)c1-c1ccccc1. The summed E-state index contributed by atoms with van der Waals surface area (Å²) in [6, 6.07) is 23.2. The molecular formula is C33H31N2O+. The van der Waals surface area contributed by atoms with E-state index in [4.69, 9.17) is 11.0 Å². The van der Waals surface area contributed by atoms with Gasteiger partial charge < -0.3 is 4.42 Å². The second-order valence-electron chi connectivity index (χ2n) is 10.4. The summed E-state index contributed by atoms with van der Waals surface area (Å²) in [6.45, 7) is 12.2. The minimum absolute atomic E-state index is 0.617. The lowest BCUT2D eigenvalue weighted by Gasteiger charge is -2.12. The Kier molecular flexibility index (Phi) is 5.61. The average molecular weight is 472 g/mol. The molecule has 1 aliphatic carbocycles. The Labute approximate surface area is 212 Å². The van der Waals surface area contributed by atoms with Crippen molar-refractivity contribution in [3.8, 4) is 22.4 Å². The fourth-order valence-electron chi connectivity index (χ4n) is 6.06. The van der Waals surface area contributed by atoms with E-state index in [9.17, 15) is 0 Å². The van der Waals surface area contributed by atoms with Gasteiger partial charge in [0.05, 0.1) is 12.1 Å². The summed E-state index contributed by atoms with van der Waals surface area (Å²) in [6.07, 6.45) is 6.57. The van der Waals surface area contributed by atoms with Gasteiger partial charge in [0, 0.05) is 35.4 Å². The largest absolute Gasteiger partial charge is 0.456 e. The molecule has 1 aliphatic rings. The molecule has 36 heavy (non-hydrogen) atoms. The Morgan fingerprint density at radius 2 is 1.58 bits per heavy atom. The molecule has 3 heteroatoms. The Bertz CT molecular complexity index is 1650. The van der Waals surface area contributed by atoms with Crippen LogP contribution in [0.5, 0.6) is 0 Å². The van der Waals surface area contributed by atoms with Crippen molar-refractivity contribution < 1.29 is 8.98 Å². The van der Waals surface area contributed by atoms with Crippen LogP contribution in [0.4, 0.5) is 5.69 Å². The van der Waals surface area contributed by atoms with Crippen LogP contribution in [-0.4, -0.2) is 0 Å². The summed E-state index contributed by atoms with van der Waals surface area (Å²) in [7, 11) is 2.15. The Morgan fingerprint density at radius 3 is 2.31 bits per heavy atom. The lowest BCUT2D eigenvalue weighted by molar-refractivity contribution is -0.666. The van der Waals surface area contributed by atoms with Crippen LogP contribution < -0.4 is 4.57 Å². The van der Waals surface area contributed by atoms with E-state index in [1.807, 2.05) is 30.3 Å². The summed E-state index contributed by atoms with van der Waals surface area (Å²) >= 11 is 0. The van der Waals surface area contributed by atoms with Crippen molar-refractivity contribution >= 4 is 27.6 Å². The summed E-state index contributed by atoms with van der Waals surface area (Å²) < 4.78 is 9.05. The molecule has 6 rings (SSSR count). The first-order chi connectivity index (χ1) is 17.5. The number of nitrogens with zero attached hydrogens (tertiary/aromatic N) is 2. The van der Waals surface area contributed by atoms with Gasteiger partial charge in [-0.1, -0.05) is 80.3 Å². The highest BCUT2D eigenvalue weighted by molar-refractivity contribution is 6.15. The van der Waals surface area contributed by atoms with E-state index in [0.717, 1.165) is 51.0 Å². The summed E-state index contributed by atoms with van der Waals surface area (Å²) in [5.74, 6) is 0.800. The first kappa shape index (κ1) is 22.6. The van der Waals surface area contributed by atoms with Gasteiger partial charge in [0.25, 0.3) is 0 Å². The van der Waals surface area contributed by atoms with Crippen LogP contribution in [0, 0.1) is 26.3 Å². The molecule has 3 aromatic carbocycles. The van der Waals surface area contributed by atoms with E-state index >= 15 is 0 Å². The first-order valence-corrected chi connectivity index (χ1v) is 13.0. The first-order valence-electron chi connectivity index (χ1n) is 13.0. The molecule has 0 radical (unpaired) electrons. The molecule has 0 N–H and O–H groups in total. The molecule has 0 unspecified atom stereocenters. The second-order valence-corrected chi connectivity index (χ2v) is 10.4. The summed E-state index contributed by atoms with van der Waals surface area (Å²) in [5.41, 5.74) is 10.4. The monoisotopic (exact) mass is 471 g/mol. The van der Waals surface area contributed by atoms with Crippen molar-refractivity contribution in [2.45, 2.75) is 46.0 Å². The maximum atomic E-state index is 7.80. The van der Waals surface area contributed by atoms with Crippen molar-refractivity contribution in [1.82, 2.24) is 0 Å². The zero-order valence-corrected chi connectivity index (χ0v) is 21.3. The van der Waals surface area contributed by atoms with Gasteiger partial charge in [0.15, 0.2) is 11.4 Å². The predicted molar refractivity (Wildman–Crippen MR) is 147 cm³/mol. The van der Waals surface area contributed by atoms with Gasteiger partial charge in [-0.15, -0.1) is 0 Å². The lowest BCUT2D eigenvalue weighted by Crippen LogP contribution is -2.35. The topological polar surface area (TPSA) is 21.4 Å². The van der Waals surface area contributed by atoms with Crippen LogP contribution in [0.15, 0.2) is 71.1 Å². The molecule has 0 amide bonds. The molecule has 178 valence electrons. The van der Waals surface area contributed by atoms with Crippen molar-refractivity contribution in [2.24, 2.45) is 13.0 Å². The quantitative estimate of drug-likeness (QED) is 0.190. The van der Waals surface area contributed by atoms with E-state index in [-0.39, 0.29) is 0 Å². The lowest BCUT2D eigenvalue weighted by atomic mass is 9.94. The maximum Gasteiger partial charge on any atom is 0.216 e. The molecule has 0 atom stereocenters. The van der Waals surface area contributed by atoms with Crippen molar-refractivity contribution in [2.75, 3.05) is 0 Å². The molecule has 1 saturated carbocycles. The van der Waals surface area contributed by atoms with Gasteiger partial charge in [-0.05, 0) is 36.0 Å². The smallest absolute Gasteiger partial charge is 0.216 e. The molecular weight excluding hydrogens is 440 g/mol. The molecule has 1 fully saturated rings. The van der Waals surface area contributed by atoms with Crippen molar-refractivity contribution in [1.29, 1.82) is 0 Å². The molecule has 0 spiro atoms. The van der Waals surface area contributed by atoms with Crippen LogP contribution in [0.2, 0.25) is 0 Å². The second kappa shape index (κ2) is 8.95. The fourth-order valence-corrected chi connectivity index (χ4v) is 6.06. The van der Waals surface area contributed by atoms with Crippen LogP contribution in [-0.2, 0) is 13.5 Å². The minimum atomic E-state index is 0.617. The third kappa shape index (κ3) is 3.69. The standard InChI is InChI=1S/C33H31N2O/c1-21-14-15-26-27-16-17-28(34-3)31(25-12-6-5-7-13-25)33(27)36-32(26)30(21)29-20-24(18-22(2)35(29)4)19-23-10-8-9-11-23/h5-7,12-18,20,23H,8-11,19H2,1-2,4H3/q+1. The highest BCUT2D eigenvalue weighted by Crippen LogP contribution is 2.44. The third-order valence-electron chi connectivity index (χ3n) is 8.04. The number of fused-ring (bicyclic) bond motifs is 3. The van der Waals surface area contributed by atoms with E-state index in [1.165, 1.54) is 48.2 Å². The van der Waals surface area contributed by atoms with Gasteiger partial charge >= 0.3 is 0 Å². The number of furan rings is 1. The molecule has 0 bridgehead atoms. The number of hydrogen-bond acceptors (Lipinski definition) is 1. The zero-order chi connectivity index (χ0) is 24.8. The highest BCUT2D eigenvalue weighted by Gasteiger charge is 2.25. The predicted octanol–water partition coefficient (Wildman–Crippen LogP) is 8.64. The molecule has 0 aliphatic heterocycles. The fraction of sp³-hybridized carbons (Fsp3) is 0.273. The van der Waals surface area contributed by atoms with Gasteiger partial charge in [-0.3, -0.25) is 0 Å². The van der Waals surface area contributed by atoms with Gasteiger partial charge in [-0.25, -0.2) is 4.85 Å². The van der Waals surface area contributed by atoms with E-state index in [0.29, 0.717) is 5.69 Å². The minimum Gasteiger partial charge on any atom is -0.456 e. The molecule has 2 heterocycles. The molecule has 0 saturated heterocycles. The van der Waals surface area contributed by atoms with Crippen LogP contribution in [0.3, 0.4) is 0 Å².